The van der Waals surface area contributed by atoms with E-state index in [1.165, 1.54) is 6.07 Å². The van der Waals surface area contributed by atoms with Gasteiger partial charge < -0.3 is 5.73 Å². The van der Waals surface area contributed by atoms with Gasteiger partial charge in [0, 0.05) is 12.1 Å². The molecule has 3 aromatic rings. The van der Waals surface area contributed by atoms with Crippen molar-refractivity contribution < 1.29 is 13.6 Å². The van der Waals surface area contributed by atoms with E-state index in [2.05, 4.69) is 0 Å². The number of carbonyl (C=O) groups excluding carboxylic acids is 1. The molecule has 0 saturated carbocycles. The van der Waals surface area contributed by atoms with Crippen LogP contribution in [-0.2, 0) is 0 Å². The molecule has 3 rings (SSSR count). The molecule has 0 aliphatic heterocycles. The van der Waals surface area contributed by atoms with Crippen LogP contribution in [0.5, 0.6) is 0 Å². The topological polar surface area (TPSA) is 65.1 Å². The average molecular weight is 361 g/mol. The third-order valence-electron chi connectivity index (χ3n) is 3.64. The summed E-state index contributed by atoms with van der Waals surface area (Å²) in [5.74, 6) is -2.77. The first-order valence-electron chi connectivity index (χ1n) is 7.16. The largest absolute Gasteiger partial charge is 0.384 e. The highest BCUT2D eigenvalue weighted by Gasteiger charge is 2.20. The number of rotatable bonds is 3. The summed E-state index contributed by atoms with van der Waals surface area (Å²) in [7, 11) is 0. The molecular weight excluding hydrogens is 350 g/mol. The van der Waals surface area contributed by atoms with Gasteiger partial charge in [-0.2, -0.15) is 0 Å². The summed E-state index contributed by atoms with van der Waals surface area (Å²) in [5.41, 5.74) is 5.34. The molecule has 0 radical (unpaired) electrons. The van der Waals surface area contributed by atoms with Crippen LogP contribution in [0.4, 0.5) is 14.6 Å². The highest BCUT2D eigenvalue weighted by Crippen LogP contribution is 2.24. The van der Waals surface area contributed by atoms with Crippen molar-refractivity contribution in [2.24, 2.45) is 0 Å². The number of hydrogen-bond acceptors (Lipinski definition) is 3. The van der Waals surface area contributed by atoms with Gasteiger partial charge in [0.1, 0.15) is 17.5 Å². The molecule has 4 nitrogen and oxygen atoms in total. The van der Waals surface area contributed by atoms with E-state index < -0.39 is 23.0 Å². The first-order chi connectivity index (χ1) is 11.9. The lowest BCUT2D eigenvalue weighted by Crippen LogP contribution is -2.24. The van der Waals surface area contributed by atoms with Crippen LogP contribution in [0.3, 0.4) is 0 Å². The number of aromatic nitrogens is 1. The summed E-state index contributed by atoms with van der Waals surface area (Å²) < 4.78 is 28.0. The molecule has 2 aromatic carbocycles. The Balaban J connectivity index is 2.19. The number of para-hydroxylation sites is 1. The molecule has 25 heavy (non-hydrogen) atoms. The van der Waals surface area contributed by atoms with E-state index in [1.54, 1.807) is 24.3 Å². The molecule has 0 aliphatic rings. The monoisotopic (exact) mass is 360 g/mol. The Hall–Kier alpha value is -2.99. The molecule has 1 aromatic heterocycles. The fourth-order valence-electron chi connectivity index (χ4n) is 2.45. The molecule has 0 spiro atoms. The van der Waals surface area contributed by atoms with Crippen LogP contribution in [-0.4, -0.2) is 10.4 Å². The molecule has 0 amide bonds. The number of halogens is 3. The summed E-state index contributed by atoms with van der Waals surface area (Å²) in [6.07, 6.45) is 0. The zero-order chi connectivity index (χ0) is 18.1. The highest BCUT2D eigenvalue weighted by atomic mass is 35.5. The van der Waals surface area contributed by atoms with E-state index in [1.807, 2.05) is 0 Å². The Kier molecular flexibility index (Phi) is 4.37. The van der Waals surface area contributed by atoms with Crippen LogP contribution in [0.25, 0.3) is 5.69 Å². The lowest BCUT2D eigenvalue weighted by atomic mass is 10.0. The molecule has 0 atom stereocenters. The molecule has 0 unspecified atom stereocenters. The first-order valence-corrected chi connectivity index (χ1v) is 7.54. The van der Waals surface area contributed by atoms with E-state index in [0.717, 1.165) is 22.8 Å². The summed E-state index contributed by atoms with van der Waals surface area (Å²) in [5, 5.41) is 0.258. The maximum absolute atomic E-state index is 13.9. The molecule has 0 fully saturated rings. The van der Waals surface area contributed by atoms with Gasteiger partial charge in [-0.25, -0.2) is 8.78 Å². The number of ketones is 1. The molecule has 0 aliphatic carbocycles. The number of benzene rings is 2. The van der Waals surface area contributed by atoms with Crippen LogP contribution in [0.15, 0.2) is 59.4 Å². The fraction of sp³-hybridized carbons (Fsp3) is 0. The van der Waals surface area contributed by atoms with Gasteiger partial charge in [-0.15, -0.1) is 0 Å². The van der Waals surface area contributed by atoms with Gasteiger partial charge in [0.05, 0.1) is 21.8 Å². The van der Waals surface area contributed by atoms with Gasteiger partial charge >= 0.3 is 0 Å². The molecule has 2 N–H and O–H groups in total. The molecule has 0 saturated heterocycles. The summed E-state index contributed by atoms with van der Waals surface area (Å²) in [6.45, 7) is 0. The lowest BCUT2D eigenvalue weighted by molar-refractivity contribution is 0.103. The predicted octanol–water partition coefficient (Wildman–Crippen LogP) is 3.58. The van der Waals surface area contributed by atoms with E-state index in [-0.39, 0.29) is 22.0 Å². The average Bonchev–Trinajstić information content (AvgIpc) is 2.56. The molecule has 0 bridgehead atoms. The summed E-state index contributed by atoms with van der Waals surface area (Å²) in [4.78, 5) is 24.8. The van der Waals surface area contributed by atoms with Crippen molar-refractivity contribution in [3.05, 3.63) is 92.7 Å². The maximum atomic E-state index is 13.9. The van der Waals surface area contributed by atoms with Crippen molar-refractivity contribution in [1.29, 1.82) is 0 Å². The normalized spacial score (nSPS) is 10.7. The second kappa shape index (κ2) is 6.49. The Bertz CT molecular complexity index is 1050. The summed E-state index contributed by atoms with van der Waals surface area (Å²) >= 11 is 6.09. The van der Waals surface area contributed by atoms with Gasteiger partial charge in [-0.05, 0) is 30.3 Å². The predicted molar refractivity (Wildman–Crippen MR) is 91.3 cm³/mol. The van der Waals surface area contributed by atoms with Crippen molar-refractivity contribution in [1.82, 2.24) is 4.57 Å². The minimum absolute atomic E-state index is 0.0926. The third-order valence-corrected chi connectivity index (χ3v) is 3.96. The number of anilines is 1. The van der Waals surface area contributed by atoms with Crippen LogP contribution in [0.1, 0.15) is 15.9 Å². The van der Waals surface area contributed by atoms with Crippen LogP contribution < -0.4 is 11.3 Å². The zero-order valence-electron chi connectivity index (χ0n) is 12.7. The Labute approximate surface area is 146 Å². The maximum Gasteiger partial charge on any atom is 0.256 e. The smallest absolute Gasteiger partial charge is 0.256 e. The van der Waals surface area contributed by atoms with Crippen molar-refractivity contribution in [2.75, 3.05) is 5.73 Å². The van der Waals surface area contributed by atoms with Gasteiger partial charge in [-0.3, -0.25) is 14.2 Å². The molecular formula is C18H11ClF2N2O2. The Morgan fingerprint density at radius 3 is 2.36 bits per heavy atom. The zero-order valence-corrected chi connectivity index (χ0v) is 13.4. The van der Waals surface area contributed by atoms with Crippen LogP contribution in [0, 0.1) is 11.6 Å². The molecule has 1 heterocycles. The summed E-state index contributed by atoms with van der Waals surface area (Å²) in [6, 6.07) is 11.4. The first kappa shape index (κ1) is 16.9. The van der Waals surface area contributed by atoms with Crippen LogP contribution >= 0.6 is 11.6 Å². The van der Waals surface area contributed by atoms with Crippen molar-refractivity contribution in [2.45, 2.75) is 0 Å². The molecule has 126 valence electrons. The van der Waals surface area contributed by atoms with E-state index in [4.69, 9.17) is 17.3 Å². The molecule has 7 heteroatoms. The minimum Gasteiger partial charge on any atom is -0.384 e. The van der Waals surface area contributed by atoms with Crippen molar-refractivity contribution in [3.63, 3.8) is 0 Å². The number of hydrogen-bond donors (Lipinski definition) is 1. The quantitative estimate of drug-likeness (QED) is 0.726. The minimum atomic E-state index is -1.01. The van der Waals surface area contributed by atoms with E-state index >= 15 is 0 Å². The fourth-order valence-corrected chi connectivity index (χ4v) is 2.67. The number of nitrogen functional groups attached to an aromatic ring is 1. The third kappa shape index (κ3) is 3.04. The lowest BCUT2D eigenvalue weighted by Gasteiger charge is -2.14. The van der Waals surface area contributed by atoms with Crippen LogP contribution in [0.2, 0.25) is 5.02 Å². The van der Waals surface area contributed by atoms with E-state index in [0.29, 0.717) is 11.8 Å². The van der Waals surface area contributed by atoms with Crippen molar-refractivity contribution in [3.8, 4) is 5.69 Å². The number of pyridine rings is 1. The number of nitrogens with two attached hydrogens (primary N) is 1. The van der Waals surface area contributed by atoms with Gasteiger partial charge in [0.2, 0.25) is 0 Å². The number of carbonyl (C=O) groups is 1. The van der Waals surface area contributed by atoms with Gasteiger partial charge in [-0.1, -0.05) is 23.7 Å². The second-order valence-electron chi connectivity index (χ2n) is 5.21. The Morgan fingerprint density at radius 1 is 1.00 bits per heavy atom. The number of nitrogens with zero attached hydrogens (tertiary/aromatic N) is 1. The SMILES string of the molecule is Nc1c(C(=O)c2ccc(F)cc2F)ccc(=O)n1-c1ccccc1Cl. The second-order valence-corrected chi connectivity index (χ2v) is 5.62. The van der Waals surface area contributed by atoms with Crippen molar-refractivity contribution >= 4 is 23.2 Å². The van der Waals surface area contributed by atoms with Gasteiger partial charge in [0.15, 0.2) is 5.78 Å². The van der Waals surface area contributed by atoms with Gasteiger partial charge in [0.25, 0.3) is 5.56 Å². The standard InChI is InChI=1S/C18H11ClF2N2O2/c19-13-3-1-2-4-15(13)23-16(24)8-7-12(18(23)22)17(25)11-6-5-10(20)9-14(11)21/h1-9H,22H2. The van der Waals surface area contributed by atoms with E-state index in [9.17, 15) is 18.4 Å². The highest BCUT2D eigenvalue weighted by molar-refractivity contribution is 6.32. The Morgan fingerprint density at radius 2 is 1.68 bits per heavy atom.